The number of nitro benzene ring substituents is 1. The molecule has 3 N–H and O–H groups in total. The molecule has 0 aliphatic carbocycles. The molecule has 3 aromatic carbocycles. The van der Waals surface area contributed by atoms with Gasteiger partial charge in [-0.2, -0.15) is 4.31 Å². The summed E-state index contributed by atoms with van der Waals surface area (Å²) in [7, 11) is -2.61. The fraction of sp³-hybridized carbons (Fsp3) is 0.355. The molecule has 1 heterocycles. The van der Waals surface area contributed by atoms with Gasteiger partial charge in [-0.1, -0.05) is 42.5 Å². The number of benzene rings is 3. The zero-order chi connectivity index (χ0) is 32.9. The van der Waals surface area contributed by atoms with Crippen molar-refractivity contribution in [2.45, 2.75) is 44.8 Å². The second-order valence-electron chi connectivity index (χ2n) is 11.1. The van der Waals surface area contributed by atoms with Gasteiger partial charge in [-0.05, 0) is 55.7 Å². The number of sulfonamides is 1. The van der Waals surface area contributed by atoms with Gasteiger partial charge in [0, 0.05) is 56.7 Å². The number of nitrogens with one attached hydrogen (secondary N) is 1. The fourth-order valence-corrected chi connectivity index (χ4v) is 7.06. The maximum atomic E-state index is 13.7. The summed E-state index contributed by atoms with van der Waals surface area (Å²) in [4.78, 5) is 38.5. The number of nitrogens with two attached hydrogens (primary N) is 1. The number of hydrogen-bond donors (Lipinski definition) is 2. The van der Waals surface area contributed by atoms with E-state index >= 15 is 0 Å². The second-order valence-corrected chi connectivity index (χ2v) is 13.0. The van der Waals surface area contributed by atoms with Gasteiger partial charge in [0.1, 0.15) is 0 Å². The SMILES string of the molecule is Cc1ccc(N)cc1N(CCN(C(C)C)S(=O)(=O)c1ccccc1[N+](=O)[O-])C(=O)CNCC(=O)N(C)N1Cc2ccccc2C1. The lowest BCUT2D eigenvalue weighted by Crippen LogP contribution is -2.48. The molecule has 14 heteroatoms. The topological polar surface area (TPSA) is 162 Å². The molecule has 3 aromatic rings. The molecule has 0 spiro atoms. The average Bonchev–Trinajstić information content (AvgIpc) is 3.44. The first-order valence-corrected chi connectivity index (χ1v) is 16.0. The minimum Gasteiger partial charge on any atom is -0.399 e. The first kappa shape index (κ1) is 33.5. The Morgan fingerprint density at radius 1 is 0.978 bits per heavy atom. The van der Waals surface area contributed by atoms with E-state index in [0.717, 1.165) is 27.1 Å². The van der Waals surface area contributed by atoms with Crippen molar-refractivity contribution in [3.63, 3.8) is 0 Å². The summed E-state index contributed by atoms with van der Waals surface area (Å²) in [6.45, 7) is 5.84. The van der Waals surface area contributed by atoms with Crippen molar-refractivity contribution in [1.29, 1.82) is 0 Å². The molecule has 0 atom stereocenters. The lowest BCUT2D eigenvalue weighted by molar-refractivity contribution is -0.387. The van der Waals surface area contributed by atoms with E-state index in [2.05, 4.69) is 5.32 Å². The fourth-order valence-electron chi connectivity index (χ4n) is 5.27. The van der Waals surface area contributed by atoms with Crippen LogP contribution >= 0.6 is 0 Å². The van der Waals surface area contributed by atoms with E-state index in [1.807, 2.05) is 29.3 Å². The molecule has 240 valence electrons. The standard InChI is InChI=1S/C31H39N7O6S/c1-22(2)37(45(43,44)29-12-8-7-11-27(29)38(41)42)16-15-36(28-17-26(32)14-13-23(28)3)31(40)19-33-18-30(39)34(4)35-20-24-9-5-6-10-25(24)21-35/h5-14,17,22,33H,15-16,18-21,32H2,1-4H3. The molecule has 0 unspecified atom stereocenters. The van der Waals surface area contributed by atoms with Gasteiger partial charge in [0.05, 0.1) is 18.0 Å². The molecule has 0 saturated carbocycles. The zero-order valence-corrected chi connectivity index (χ0v) is 26.7. The first-order chi connectivity index (χ1) is 21.3. The summed E-state index contributed by atoms with van der Waals surface area (Å²) in [5, 5.41) is 18.0. The summed E-state index contributed by atoms with van der Waals surface area (Å²) in [6, 6.07) is 17.7. The highest BCUT2D eigenvalue weighted by Crippen LogP contribution is 2.29. The van der Waals surface area contributed by atoms with Gasteiger partial charge in [-0.25, -0.2) is 13.4 Å². The lowest BCUT2D eigenvalue weighted by atomic mass is 10.1. The van der Waals surface area contributed by atoms with Crippen molar-refractivity contribution in [2.24, 2.45) is 0 Å². The minimum absolute atomic E-state index is 0.0667. The van der Waals surface area contributed by atoms with Crippen molar-refractivity contribution in [1.82, 2.24) is 19.6 Å². The lowest BCUT2D eigenvalue weighted by Gasteiger charge is -2.31. The Bertz CT molecular complexity index is 1660. The number of nitro groups is 1. The van der Waals surface area contributed by atoms with Crippen LogP contribution in [0.3, 0.4) is 0 Å². The van der Waals surface area contributed by atoms with E-state index in [0.29, 0.717) is 24.5 Å². The number of carbonyl (C=O) groups excluding carboxylic acids is 2. The molecule has 1 aliphatic rings. The van der Waals surface area contributed by atoms with Crippen LogP contribution in [0.1, 0.15) is 30.5 Å². The zero-order valence-electron chi connectivity index (χ0n) is 25.8. The molecule has 0 fully saturated rings. The van der Waals surface area contributed by atoms with Crippen LogP contribution in [-0.2, 0) is 32.7 Å². The van der Waals surface area contributed by atoms with Crippen LogP contribution in [0, 0.1) is 17.0 Å². The maximum absolute atomic E-state index is 13.7. The molecular formula is C31H39N7O6S. The van der Waals surface area contributed by atoms with Crippen molar-refractivity contribution in [2.75, 3.05) is 43.9 Å². The number of anilines is 2. The maximum Gasteiger partial charge on any atom is 0.289 e. The quantitative estimate of drug-likeness (QED) is 0.163. The number of nitrogens with zero attached hydrogens (tertiary/aromatic N) is 5. The van der Waals surface area contributed by atoms with Crippen molar-refractivity contribution < 1.29 is 22.9 Å². The van der Waals surface area contributed by atoms with Gasteiger partial charge in [0.2, 0.25) is 15.9 Å². The third-order valence-electron chi connectivity index (χ3n) is 7.76. The molecule has 0 aromatic heterocycles. The number of fused-ring (bicyclic) bond motifs is 1. The Hall–Kier alpha value is -4.37. The number of carbonyl (C=O) groups is 2. The highest BCUT2D eigenvalue weighted by molar-refractivity contribution is 7.89. The van der Waals surface area contributed by atoms with Crippen LogP contribution in [0.4, 0.5) is 17.1 Å². The number of amides is 2. The summed E-state index contributed by atoms with van der Waals surface area (Å²) in [5.41, 5.74) is 9.48. The first-order valence-electron chi connectivity index (χ1n) is 14.5. The predicted molar refractivity (Wildman–Crippen MR) is 171 cm³/mol. The van der Waals surface area contributed by atoms with Gasteiger partial charge in [-0.15, -0.1) is 0 Å². The van der Waals surface area contributed by atoms with Crippen molar-refractivity contribution in [3.05, 3.63) is 93.5 Å². The third-order valence-corrected chi connectivity index (χ3v) is 9.88. The number of aryl methyl sites for hydroxylation is 1. The van der Waals surface area contributed by atoms with Crippen molar-refractivity contribution >= 4 is 38.9 Å². The number of para-hydroxylation sites is 1. The number of nitrogen functional groups attached to an aromatic ring is 1. The van der Waals surface area contributed by atoms with Crippen LogP contribution in [0.15, 0.2) is 71.6 Å². The third kappa shape index (κ3) is 7.65. The van der Waals surface area contributed by atoms with E-state index in [-0.39, 0.29) is 32.1 Å². The molecule has 45 heavy (non-hydrogen) atoms. The predicted octanol–water partition coefficient (Wildman–Crippen LogP) is 2.90. The van der Waals surface area contributed by atoms with Crippen molar-refractivity contribution in [3.8, 4) is 0 Å². The Morgan fingerprint density at radius 2 is 1.58 bits per heavy atom. The molecule has 4 rings (SSSR count). The van der Waals surface area contributed by atoms with Gasteiger partial charge < -0.3 is 10.6 Å². The Balaban J connectivity index is 1.48. The van der Waals surface area contributed by atoms with Crippen LogP contribution in [0.25, 0.3) is 0 Å². The number of rotatable bonds is 13. The van der Waals surface area contributed by atoms with Crippen LogP contribution in [0.2, 0.25) is 0 Å². The smallest absolute Gasteiger partial charge is 0.289 e. The van der Waals surface area contributed by atoms with E-state index in [9.17, 15) is 28.1 Å². The molecule has 0 radical (unpaired) electrons. The monoisotopic (exact) mass is 637 g/mol. The number of hydrogen-bond acceptors (Lipinski definition) is 9. The molecule has 13 nitrogen and oxygen atoms in total. The highest BCUT2D eigenvalue weighted by atomic mass is 32.2. The Kier molecular flexibility index (Phi) is 10.5. The number of hydrazine groups is 1. The Labute approximate surface area is 263 Å². The summed E-state index contributed by atoms with van der Waals surface area (Å²) < 4.78 is 28.5. The molecule has 0 bridgehead atoms. The molecular weight excluding hydrogens is 598 g/mol. The van der Waals surface area contributed by atoms with E-state index < -0.39 is 37.5 Å². The van der Waals surface area contributed by atoms with Crippen LogP contribution in [0.5, 0.6) is 0 Å². The van der Waals surface area contributed by atoms with Gasteiger partial charge in [-0.3, -0.25) is 30.0 Å². The van der Waals surface area contributed by atoms with Crippen LogP contribution in [-0.4, -0.2) is 78.7 Å². The molecule has 0 saturated heterocycles. The highest BCUT2D eigenvalue weighted by Gasteiger charge is 2.34. The Morgan fingerprint density at radius 3 is 2.20 bits per heavy atom. The number of likely N-dealkylation sites (N-methyl/N-ethyl adjacent to an activating group) is 1. The summed E-state index contributed by atoms with van der Waals surface area (Å²) >= 11 is 0. The van der Waals surface area contributed by atoms with Gasteiger partial charge in [0.15, 0.2) is 4.90 Å². The van der Waals surface area contributed by atoms with E-state index in [1.165, 1.54) is 23.1 Å². The summed E-state index contributed by atoms with van der Waals surface area (Å²) in [6.07, 6.45) is 0. The summed E-state index contributed by atoms with van der Waals surface area (Å²) in [5.74, 6) is -0.622. The molecule has 1 aliphatic heterocycles. The van der Waals surface area contributed by atoms with Crippen LogP contribution < -0.4 is 16.0 Å². The second kappa shape index (κ2) is 14.2. The normalized spacial score (nSPS) is 13.2. The van der Waals surface area contributed by atoms with E-state index in [4.69, 9.17) is 5.73 Å². The minimum atomic E-state index is -4.30. The largest absolute Gasteiger partial charge is 0.399 e. The van der Waals surface area contributed by atoms with E-state index in [1.54, 1.807) is 51.0 Å². The van der Waals surface area contributed by atoms with Gasteiger partial charge in [0.25, 0.3) is 11.6 Å². The molecule has 2 amide bonds. The van der Waals surface area contributed by atoms with Gasteiger partial charge >= 0.3 is 0 Å². The average molecular weight is 638 g/mol.